The highest BCUT2D eigenvalue weighted by Crippen LogP contribution is 2.11. The molecule has 16 heavy (non-hydrogen) atoms. The third-order valence-corrected chi connectivity index (χ3v) is 2.00. The molecule has 5 heteroatoms. The van der Waals surface area contributed by atoms with Gasteiger partial charge in [0.2, 0.25) is 0 Å². The van der Waals surface area contributed by atoms with E-state index in [0.717, 1.165) is 0 Å². The molecule has 0 radical (unpaired) electrons. The number of esters is 1. The number of Topliss-reactive ketones (excluding diaryl/α,β-unsaturated/α-hetero) is 1. The van der Waals surface area contributed by atoms with E-state index in [1.807, 2.05) is 0 Å². The van der Waals surface area contributed by atoms with Crippen LogP contribution >= 0.6 is 0 Å². The van der Waals surface area contributed by atoms with Crippen molar-refractivity contribution in [2.75, 3.05) is 25.5 Å². The van der Waals surface area contributed by atoms with E-state index in [2.05, 4.69) is 10.1 Å². The number of methoxy groups -OCH3 is 1. The fraction of sp³-hybridized carbons (Fsp3) is 0.273. The maximum atomic E-state index is 11.2. The zero-order chi connectivity index (χ0) is 12.0. The van der Waals surface area contributed by atoms with Crippen molar-refractivity contribution in [2.24, 2.45) is 5.73 Å². The van der Waals surface area contributed by atoms with E-state index >= 15 is 0 Å². The summed E-state index contributed by atoms with van der Waals surface area (Å²) in [5.41, 5.74) is 6.29. The van der Waals surface area contributed by atoms with E-state index < -0.39 is 5.97 Å². The molecule has 0 aliphatic carbocycles. The number of nitrogens with two attached hydrogens (primary N) is 1. The first-order valence-corrected chi connectivity index (χ1v) is 4.81. The molecule has 0 aliphatic heterocycles. The van der Waals surface area contributed by atoms with Crippen molar-refractivity contribution in [2.45, 2.75) is 0 Å². The number of nitrogens with one attached hydrogen (secondary N) is 1. The van der Waals surface area contributed by atoms with E-state index in [-0.39, 0.29) is 18.9 Å². The molecule has 3 N–H and O–H groups in total. The number of benzene rings is 1. The summed E-state index contributed by atoms with van der Waals surface area (Å²) in [6.07, 6.45) is 0. The molecule has 86 valence electrons. The van der Waals surface area contributed by atoms with Gasteiger partial charge in [0.05, 0.1) is 25.8 Å². The molecule has 1 rings (SSSR count). The first kappa shape index (κ1) is 12.2. The van der Waals surface area contributed by atoms with Crippen molar-refractivity contribution < 1.29 is 14.3 Å². The number of carbonyl (C=O) groups is 2. The minimum atomic E-state index is -0.409. The standard InChI is InChI=1S/C11H14N2O3/c1-16-11(15)8-3-2-4-9(5-8)13-7-10(14)6-12/h2-5,13H,6-7,12H2,1H3. The molecule has 0 fully saturated rings. The van der Waals surface area contributed by atoms with Crippen LogP contribution in [-0.4, -0.2) is 32.0 Å². The lowest BCUT2D eigenvalue weighted by molar-refractivity contribution is -0.116. The summed E-state index contributed by atoms with van der Waals surface area (Å²) in [4.78, 5) is 22.2. The number of rotatable bonds is 5. The highest BCUT2D eigenvalue weighted by Gasteiger charge is 2.05. The molecule has 0 spiro atoms. The van der Waals surface area contributed by atoms with E-state index in [1.165, 1.54) is 7.11 Å². The fourth-order valence-corrected chi connectivity index (χ4v) is 1.15. The van der Waals surface area contributed by atoms with Crippen LogP contribution in [-0.2, 0) is 9.53 Å². The molecule has 0 aromatic heterocycles. The Morgan fingerprint density at radius 3 is 2.81 bits per heavy atom. The second kappa shape index (κ2) is 5.87. The summed E-state index contributed by atoms with van der Waals surface area (Å²) >= 11 is 0. The van der Waals surface area contributed by atoms with Crippen molar-refractivity contribution in [3.05, 3.63) is 29.8 Å². The molecule has 0 unspecified atom stereocenters. The van der Waals surface area contributed by atoms with Crippen LogP contribution in [0, 0.1) is 0 Å². The van der Waals surface area contributed by atoms with Gasteiger partial charge in [-0.1, -0.05) is 6.07 Å². The minimum Gasteiger partial charge on any atom is -0.465 e. The SMILES string of the molecule is COC(=O)c1cccc(NCC(=O)CN)c1. The van der Waals surface area contributed by atoms with Crippen molar-refractivity contribution >= 4 is 17.4 Å². The predicted molar refractivity (Wildman–Crippen MR) is 60.3 cm³/mol. The quantitative estimate of drug-likeness (QED) is 0.705. The van der Waals surface area contributed by atoms with Gasteiger partial charge in [-0.25, -0.2) is 4.79 Å². The summed E-state index contributed by atoms with van der Waals surface area (Å²) in [5, 5.41) is 2.88. The molecule has 0 saturated heterocycles. The molecule has 0 bridgehead atoms. The molecular weight excluding hydrogens is 208 g/mol. The van der Waals surface area contributed by atoms with Crippen LogP contribution in [0.2, 0.25) is 0 Å². The highest BCUT2D eigenvalue weighted by molar-refractivity contribution is 5.90. The van der Waals surface area contributed by atoms with Crippen LogP contribution in [0.4, 0.5) is 5.69 Å². The van der Waals surface area contributed by atoms with Gasteiger partial charge in [-0.3, -0.25) is 4.79 Å². The minimum absolute atomic E-state index is 0.00366. The van der Waals surface area contributed by atoms with E-state index in [0.29, 0.717) is 11.3 Å². The summed E-state index contributed by atoms with van der Waals surface area (Å²) in [5.74, 6) is -0.503. The molecular formula is C11H14N2O3. The fourth-order valence-electron chi connectivity index (χ4n) is 1.15. The summed E-state index contributed by atoms with van der Waals surface area (Å²) in [7, 11) is 1.32. The number of hydrogen-bond acceptors (Lipinski definition) is 5. The summed E-state index contributed by atoms with van der Waals surface area (Å²) in [6.45, 7) is 0.158. The largest absolute Gasteiger partial charge is 0.465 e. The molecule has 1 aromatic rings. The number of carbonyl (C=O) groups excluding carboxylic acids is 2. The zero-order valence-corrected chi connectivity index (χ0v) is 9.03. The second-order valence-corrected chi connectivity index (χ2v) is 3.17. The molecule has 5 nitrogen and oxygen atoms in total. The Kier molecular flexibility index (Phi) is 4.47. The molecule has 0 aliphatic rings. The predicted octanol–water partition coefficient (Wildman–Crippen LogP) is 0.413. The normalized spacial score (nSPS) is 9.62. The summed E-state index contributed by atoms with van der Waals surface area (Å²) in [6, 6.07) is 6.73. The van der Waals surface area contributed by atoms with Crippen LogP contribution in [0.25, 0.3) is 0 Å². The Bertz CT molecular complexity index is 391. The first-order chi connectivity index (χ1) is 7.67. The van der Waals surface area contributed by atoms with Gasteiger partial charge in [0.25, 0.3) is 0 Å². The number of ether oxygens (including phenoxy) is 1. The number of ketones is 1. The first-order valence-electron chi connectivity index (χ1n) is 4.81. The molecule has 0 amide bonds. The third-order valence-electron chi connectivity index (χ3n) is 2.00. The molecule has 1 aromatic carbocycles. The van der Waals surface area contributed by atoms with Gasteiger partial charge in [0.1, 0.15) is 0 Å². The molecule has 0 atom stereocenters. The van der Waals surface area contributed by atoms with Gasteiger partial charge in [-0.2, -0.15) is 0 Å². The van der Waals surface area contributed by atoms with Crippen LogP contribution in [0.1, 0.15) is 10.4 Å². The van der Waals surface area contributed by atoms with Gasteiger partial charge in [-0.15, -0.1) is 0 Å². The lowest BCUT2D eigenvalue weighted by Gasteiger charge is -2.06. The lowest BCUT2D eigenvalue weighted by atomic mass is 10.2. The average Bonchev–Trinajstić information content (AvgIpc) is 2.35. The Morgan fingerprint density at radius 1 is 1.44 bits per heavy atom. The maximum Gasteiger partial charge on any atom is 0.337 e. The molecule has 0 saturated carbocycles. The topological polar surface area (TPSA) is 81.4 Å². The summed E-state index contributed by atoms with van der Waals surface area (Å²) < 4.78 is 4.58. The maximum absolute atomic E-state index is 11.2. The van der Waals surface area contributed by atoms with E-state index in [1.54, 1.807) is 24.3 Å². The monoisotopic (exact) mass is 222 g/mol. The van der Waals surface area contributed by atoms with Crippen molar-refractivity contribution in [3.63, 3.8) is 0 Å². The van der Waals surface area contributed by atoms with Gasteiger partial charge < -0.3 is 15.8 Å². The Hall–Kier alpha value is -1.88. The Labute approximate surface area is 93.6 Å². The van der Waals surface area contributed by atoms with Crippen molar-refractivity contribution in [1.82, 2.24) is 0 Å². The lowest BCUT2D eigenvalue weighted by Crippen LogP contribution is -2.22. The Morgan fingerprint density at radius 2 is 2.19 bits per heavy atom. The second-order valence-electron chi connectivity index (χ2n) is 3.17. The van der Waals surface area contributed by atoms with Crippen LogP contribution in [0.5, 0.6) is 0 Å². The van der Waals surface area contributed by atoms with Crippen molar-refractivity contribution in [3.8, 4) is 0 Å². The average molecular weight is 222 g/mol. The van der Waals surface area contributed by atoms with Crippen LogP contribution < -0.4 is 11.1 Å². The number of hydrogen-bond donors (Lipinski definition) is 2. The van der Waals surface area contributed by atoms with E-state index in [9.17, 15) is 9.59 Å². The van der Waals surface area contributed by atoms with Gasteiger partial charge >= 0.3 is 5.97 Å². The van der Waals surface area contributed by atoms with Crippen molar-refractivity contribution in [1.29, 1.82) is 0 Å². The van der Waals surface area contributed by atoms with Gasteiger partial charge in [0, 0.05) is 5.69 Å². The Balaban J connectivity index is 2.67. The van der Waals surface area contributed by atoms with E-state index in [4.69, 9.17) is 5.73 Å². The zero-order valence-electron chi connectivity index (χ0n) is 9.03. The van der Waals surface area contributed by atoms with Gasteiger partial charge in [0.15, 0.2) is 5.78 Å². The smallest absolute Gasteiger partial charge is 0.337 e. The van der Waals surface area contributed by atoms with Crippen LogP contribution in [0.15, 0.2) is 24.3 Å². The third kappa shape index (κ3) is 3.36. The van der Waals surface area contributed by atoms with Crippen LogP contribution in [0.3, 0.4) is 0 Å². The number of anilines is 1. The highest BCUT2D eigenvalue weighted by atomic mass is 16.5. The molecule has 0 heterocycles. The van der Waals surface area contributed by atoms with Gasteiger partial charge in [-0.05, 0) is 18.2 Å².